The van der Waals surface area contributed by atoms with E-state index in [0.29, 0.717) is 0 Å². The lowest BCUT2D eigenvalue weighted by Crippen LogP contribution is -2.16. The first-order chi connectivity index (χ1) is 9.31. The second-order valence-corrected chi connectivity index (χ2v) is 5.41. The van der Waals surface area contributed by atoms with E-state index in [2.05, 4.69) is 36.3 Å². The molecular formula is C16H26N2O. The summed E-state index contributed by atoms with van der Waals surface area (Å²) in [4.78, 5) is 4.59. The van der Waals surface area contributed by atoms with E-state index in [4.69, 9.17) is 4.74 Å². The maximum atomic E-state index is 5.76. The minimum Gasteiger partial charge on any atom is -0.478 e. The minimum absolute atomic E-state index is 0.743. The van der Waals surface area contributed by atoms with Crippen molar-refractivity contribution < 1.29 is 4.74 Å². The van der Waals surface area contributed by atoms with Crippen molar-refractivity contribution in [1.29, 1.82) is 0 Å². The third-order valence-electron chi connectivity index (χ3n) is 3.34. The van der Waals surface area contributed by atoms with E-state index >= 15 is 0 Å². The Hall–Kier alpha value is -1.09. The molecule has 3 nitrogen and oxygen atoms in total. The van der Waals surface area contributed by atoms with Crippen molar-refractivity contribution in [2.75, 3.05) is 6.61 Å². The second-order valence-electron chi connectivity index (χ2n) is 5.41. The molecule has 2 rings (SSSR count). The quantitative estimate of drug-likeness (QED) is 0.692. The van der Waals surface area contributed by atoms with Crippen molar-refractivity contribution in [3.05, 3.63) is 23.4 Å². The van der Waals surface area contributed by atoms with Gasteiger partial charge in [0, 0.05) is 24.3 Å². The number of nitrogens with zero attached hydrogens (tertiary/aromatic N) is 1. The normalized spacial score (nSPS) is 14.6. The summed E-state index contributed by atoms with van der Waals surface area (Å²) in [6.07, 6.45) is 7.06. The number of rotatable bonds is 9. The van der Waals surface area contributed by atoms with Gasteiger partial charge in [0.15, 0.2) is 0 Å². The Bertz CT molecular complexity index is 388. The van der Waals surface area contributed by atoms with E-state index in [9.17, 15) is 0 Å². The summed E-state index contributed by atoms with van der Waals surface area (Å²) >= 11 is 0. The summed E-state index contributed by atoms with van der Waals surface area (Å²) in [5, 5.41) is 3.55. The van der Waals surface area contributed by atoms with Gasteiger partial charge in [0.25, 0.3) is 0 Å². The maximum Gasteiger partial charge on any atom is 0.213 e. The predicted molar refractivity (Wildman–Crippen MR) is 78.5 cm³/mol. The maximum absolute atomic E-state index is 5.76. The average molecular weight is 262 g/mol. The highest BCUT2D eigenvalue weighted by Gasteiger charge is 2.20. The lowest BCUT2D eigenvalue weighted by atomic mass is 10.1. The molecule has 1 aliphatic rings. The van der Waals surface area contributed by atoms with Gasteiger partial charge in [-0.15, -0.1) is 0 Å². The first-order valence-corrected chi connectivity index (χ1v) is 7.67. The van der Waals surface area contributed by atoms with Gasteiger partial charge < -0.3 is 10.1 Å². The van der Waals surface area contributed by atoms with Gasteiger partial charge in [-0.25, -0.2) is 4.98 Å². The average Bonchev–Trinajstić information content (AvgIpc) is 3.21. The largest absolute Gasteiger partial charge is 0.478 e. The summed E-state index contributed by atoms with van der Waals surface area (Å²) in [5.74, 6) is 0.798. The first-order valence-electron chi connectivity index (χ1n) is 7.67. The van der Waals surface area contributed by atoms with Crippen LogP contribution in [0.15, 0.2) is 12.1 Å². The van der Waals surface area contributed by atoms with Crippen LogP contribution in [0.25, 0.3) is 0 Å². The molecule has 0 spiro atoms. The molecule has 1 aliphatic carbocycles. The van der Waals surface area contributed by atoms with Crippen LogP contribution < -0.4 is 10.1 Å². The fourth-order valence-corrected chi connectivity index (χ4v) is 2.05. The Balaban J connectivity index is 1.97. The van der Waals surface area contributed by atoms with Gasteiger partial charge in [0.2, 0.25) is 5.88 Å². The highest BCUT2D eigenvalue weighted by atomic mass is 16.5. The van der Waals surface area contributed by atoms with E-state index in [1.54, 1.807) is 0 Å². The molecule has 1 N–H and O–H groups in total. The number of nitrogens with one attached hydrogen (secondary N) is 1. The molecule has 0 aliphatic heterocycles. The van der Waals surface area contributed by atoms with Gasteiger partial charge in [-0.05, 0) is 37.3 Å². The van der Waals surface area contributed by atoms with Crippen LogP contribution in [0.5, 0.6) is 5.88 Å². The topological polar surface area (TPSA) is 34.1 Å². The van der Waals surface area contributed by atoms with Crippen LogP contribution in [0.3, 0.4) is 0 Å². The fourth-order valence-electron chi connectivity index (χ4n) is 2.05. The van der Waals surface area contributed by atoms with E-state index < -0.39 is 0 Å². The number of hydrogen-bond acceptors (Lipinski definition) is 3. The molecule has 1 aromatic rings. The van der Waals surface area contributed by atoms with E-state index in [-0.39, 0.29) is 0 Å². The lowest BCUT2D eigenvalue weighted by Gasteiger charge is -2.10. The molecule has 1 heterocycles. The highest BCUT2D eigenvalue weighted by molar-refractivity contribution is 5.25. The number of ether oxygens (including phenoxy) is 1. The van der Waals surface area contributed by atoms with Crippen LogP contribution in [-0.4, -0.2) is 17.6 Å². The molecule has 0 aromatic carbocycles. The zero-order valence-corrected chi connectivity index (χ0v) is 12.2. The monoisotopic (exact) mass is 262 g/mol. The van der Waals surface area contributed by atoms with Crippen LogP contribution in [0.2, 0.25) is 0 Å². The van der Waals surface area contributed by atoms with Crippen LogP contribution in [0, 0.1) is 0 Å². The smallest absolute Gasteiger partial charge is 0.213 e. The highest BCUT2D eigenvalue weighted by Crippen LogP contribution is 2.20. The predicted octanol–water partition coefficient (Wildman–Crippen LogP) is 3.47. The summed E-state index contributed by atoms with van der Waals surface area (Å²) in [5.41, 5.74) is 2.46. The van der Waals surface area contributed by atoms with E-state index in [0.717, 1.165) is 56.5 Å². The van der Waals surface area contributed by atoms with Crippen LogP contribution >= 0.6 is 0 Å². The Labute approximate surface area is 116 Å². The molecule has 0 unspecified atom stereocenters. The van der Waals surface area contributed by atoms with Gasteiger partial charge in [0.05, 0.1) is 6.61 Å². The third kappa shape index (κ3) is 5.19. The van der Waals surface area contributed by atoms with Gasteiger partial charge in [0.1, 0.15) is 0 Å². The van der Waals surface area contributed by atoms with Gasteiger partial charge in [-0.2, -0.15) is 0 Å². The molecular weight excluding hydrogens is 236 g/mol. The zero-order valence-electron chi connectivity index (χ0n) is 12.2. The molecule has 1 saturated carbocycles. The molecule has 0 atom stereocenters. The van der Waals surface area contributed by atoms with E-state index in [1.165, 1.54) is 18.4 Å². The van der Waals surface area contributed by atoms with Crippen molar-refractivity contribution in [1.82, 2.24) is 10.3 Å². The van der Waals surface area contributed by atoms with Crippen molar-refractivity contribution in [3.63, 3.8) is 0 Å². The van der Waals surface area contributed by atoms with Crippen LogP contribution in [0.1, 0.15) is 57.2 Å². The van der Waals surface area contributed by atoms with Crippen molar-refractivity contribution >= 4 is 0 Å². The van der Waals surface area contributed by atoms with Crippen molar-refractivity contribution in [3.8, 4) is 5.88 Å². The zero-order chi connectivity index (χ0) is 13.5. The summed E-state index contributed by atoms with van der Waals surface area (Å²) in [6.45, 7) is 6.08. The minimum atomic E-state index is 0.743. The Morgan fingerprint density at radius 2 is 2.11 bits per heavy atom. The second kappa shape index (κ2) is 7.49. The Kier molecular flexibility index (Phi) is 5.64. The van der Waals surface area contributed by atoms with Crippen molar-refractivity contribution in [2.24, 2.45) is 0 Å². The lowest BCUT2D eigenvalue weighted by molar-refractivity contribution is 0.296. The van der Waals surface area contributed by atoms with E-state index in [1.807, 2.05) is 0 Å². The van der Waals surface area contributed by atoms with Crippen LogP contribution in [-0.2, 0) is 13.0 Å². The number of hydrogen-bond donors (Lipinski definition) is 1. The van der Waals surface area contributed by atoms with Crippen molar-refractivity contribution in [2.45, 2.75) is 65.0 Å². The Morgan fingerprint density at radius 1 is 1.26 bits per heavy atom. The Morgan fingerprint density at radius 3 is 2.79 bits per heavy atom. The van der Waals surface area contributed by atoms with Crippen LogP contribution in [0.4, 0.5) is 0 Å². The number of pyridine rings is 1. The number of unbranched alkanes of at least 4 members (excludes halogenated alkanes) is 1. The summed E-state index contributed by atoms with van der Waals surface area (Å²) in [6, 6.07) is 5.04. The number of aromatic nitrogens is 1. The molecule has 19 heavy (non-hydrogen) atoms. The first kappa shape index (κ1) is 14.3. The molecule has 3 heteroatoms. The molecule has 0 saturated heterocycles. The fraction of sp³-hybridized carbons (Fsp3) is 0.688. The number of aryl methyl sites for hydroxylation is 1. The SMILES string of the molecule is CCCCOc1cc(CNC2CC2)cc(CCC)n1. The molecule has 1 aromatic heterocycles. The molecule has 0 bridgehead atoms. The van der Waals surface area contributed by atoms with Gasteiger partial charge in [-0.3, -0.25) is 0 Å². The van der Waals surface area contributed by atoms with Gasteiger partial charge in [-0.1, -0.05) is 26.7 Å². The summed E-state index contributed by atoms with van der Waals surface area (Å²) < 4.78 is 5.76. The standard InChI is InChI=1S/C16H26N2O/c1-3-5-9-19-16-11-13(12-17-14-7-8-14)10-15(18-16)6-4-2/h10-11,14,17H,3-9,12H2,1-2H3. The molecule has 0 amide bonds. The summed E-state index contributed by atoms with van der Waals surface area (Å²) in [7, 11) is 0. The molecule has 1 fully saturated rings. The third-order valence-corrected chi connectivity index (χ3v) is 3.34. The van der Waals surface area contributed by atoms with Gasteiger partial charge >= 0.3 is 0 Å². The molecule has 0 radical (unpaired) electrons. The molecule has 106 valence electrons.